The predicted octanol–water partition coefficient (Wildman–Crippen LogP) is 5.42. The van der Waals surface area contributed by atoms with Gasteiger partial charge in [0, 0.05) is 0 Å². The number of hydrogen-bond donors (Lipinski definition) is 0. The molecule has 0 amide bonds. The van der Waals surface area contributed by atoms with Gasteiger partial charge < -0.3 is 0 Å². The first-order valence-corrected chi connectivity index (χ1v) is 6.38. The summed E-state index contributed by atoms with van der Waals surface area (Å²) in [6.45, 7) is 0. The summed E-state index contributed by atoms with van der Waals surface area (Å²) in [5.41, 5.74) is 0. The van der Waals surface area contributed by atoms with E-state index in [2.05, 4.69) is 0 Å². The van der Waals surface area contributed by atoms with Crippen LogP contribution in [-0.2, 0) is 17.1 Å². The van der Waals surface area contributed by atoms with Gasteiger partial charge >= 0.3 is 50.1 Å². The van der Waals surface area contributed by atoms with Crippen molar-refractivity contribution in [3.05, 3.63) is 64.2 Å². The molecule has 0 aromatic rings. The molecule has 0 nitrogen and oxygen atoms in total. The maximum absolute atomic E-state index is 10.7. The van der Waals surface area contributed by atoms with Crippen LogP contribution in [0.1, 0.15) is 0 Å². The fraction of sp³-hybridized carbons (Fsp3) is 0. The maximum atomic E-state index is 9.87. The van der Waals surface area contributed by atoms with E-state index in [4.69, 9.17) is 0 Å². The standard InChI is InChI=1S/2C5H5.F6P.Fe/c2*1-2-4-5-3-1;1-7(2,3,4,5)6;/h2*1-5H;;/q;;-1;+3. The first-order valence-electron chi connectivity index (χ1n) is 4.35. The fourth-order valence-corrected chi connectivity index (χ4v) is 0.642. The van der Waals surface area contributed by atoms with E-state index >= 15 is 0 Å². The van der Waals surface area contributed by atoms with Crippen LogP contribution in [0.15, 0.2) is 0 Å². The van der Waals surface area contributed by atoms with Gasteiger partial charge in [-0.1, -0.05) is 0 Å². The molecule has 0 aliphatic heterocycles. The molecule has 2 aliphatic carbocycles. The third kappa shape index (κ3) is 36.0. The minimum Gasteiger partial charge on any atom is -0.0312 e. The minimum atomic E-state index is -10.7. The number of halogens is 6. The summed E-state index contributed by atoms with van der Waals surface area (Å²) in [6, 6.07) is 0. The van der Waals surface area contributed by atoms with E-state index in [9.17, 15) is 25.2 Å². The fourth-order valence-electron chi connectivity index (χ4n) is 0.642. The average molecular weight is 331 g/mol. The molecule has 18 heavy (non-hydrogen) atoms. The van der Waals surface area contributed by atoms with Crippen LogP contribution in [-0.4, -0.2) is 0 Å². The Morgan fingerprint density at radius 3 is 0.500 bits per heavy atom. The SMILES string of the molecule is F[P-](F)(F)(F)(F)F.[CH]1[CH][CH][CH][CH]1.[CH]1[CH][CH][CH][CH]1.[Fe+3]. The molecule has 8 heteroatoms. The summed E-state index contributed by atoms with van der Waals surface area (Å²) in [5.74, 6) is 0. The molecule has 2 aliphatic rings. The largest absolute Gasteiger partial charge is 3.00 e. The molecule has 0 N–H and O–H groups in total. The van der Waals surface area contributed by atoms with E-state index in [1.54, 1.807) is 0 Å². The molecular formula is C10H10F6FeP+2. The Labute approximate surface area is 115 Å². The Morgan fingerprint density at radius 1 is 0.389 bits per heavy atom. The van der Waals surface area contributed by atoms with E-state index in [0.29, 0.717) is 0 Å². The van der Waals surface area contributed by atoms with E-state index in [1.165, 1.54) is 0 Å². The van der Waals surface area contributed by atoms with E-state index < -0.39 is 7.81 Å². The van der Waals surface area contributed by atoms with Crippen molar-refractivity contribution >= 4 is 7.81 Å². The van der Waals surface area contributed by atoms with Crippen LogP contribution in [0.25, 0.3) is 0 Å². The molecule has 11 radical (unpaired) electrons. The Kier molecular flexibility index (Phi) is 8.51. The first kappa shape index (κ1) is 20.8. The molecule has 2 fully saturated rings. The Balaban J connectivity index is 0. The molecule has 0 saturated heterocycles. The molecule has 0 unspecified atom stereocenters. The summed E-state index contributed by atoms with van der Waals surface area (Å²) >= 11 is 0. The molecule has 0 aromatic carbocycles. The van der Waals surface area contributed by atoms with Crippen LogP contribution in [0.5, 0.6) is 0 Å². The third-order valence-corrected chi connectivity index (χ3v) is 1.11. The van der Waals surface area contributed by atoms with Crippen LogP contribution in [0, 0.1) is 64.2 Å². The molecule has 103 valence electrons. The second-order valence-corrected chi connectivity index (χ2v) is 4.80. The van der Waals surface area contributed by atoms with Crippen LogP contribution in [0.4, 0.5) is 25.2 Å². The number of hydrogen-bond acceptors (Lipinski definition) is 0. The van der Waals surface area contributed by atoms with Crippen molar-refractivity contribution in [2.45, 2.75) is 0 Å². The monoisotopic (exact) mass is 331 g/mol. The van der Waals surface area contributed by atoms with Gasteiger partial charge in [0.25, 0.3) is 0 Å². The van der Waals surface area contributed by atoms with E-state index in [1.807, 2.05) is 64.2 Å². The molecule has 0 aromatic heterocycles. The Hall–Kier alpha value is 0.529. The molecule has 0 spiro atoms. The maximum Gasteiger partial charge on any atom is 3.00 e. The zero-order valence-electron chi connectivity index (χ0n) is 8.84. The van der Waals surface area contributed by atoms with E-state index in [0.717, 1.165) is 0 Å². The summed E-state index contributed by atoms with van der Waals surface area (Å²) in [7, 11) is -10.7. The molecule has 0 heterocycles. The smallest absolute Gasteiger partial charge is 0.0312 e. The normalized spacial score (nSPS) is 22.3. The van der Waals surface area contributed by atoms with Crippen LogP contribution in [0.2, 0.25) is 0 Å². The van der Waals surface area contributed by atoms with Crippen molar-refractivity contribution in [1.82, 2.24) is 0 Å². The zero-order chi connectivity index (χ0) is 13.5. The Bertz CT molecular complexity index is 167. The van der Waals surface area contributed by atoms with Gasteiger partial charge in [0.1, 0.15) is 0 Å². The summed E-state index contributed by atoms with van der Waals surface area (Å²) in [5, 5.41) is 0. The average Bonchev–Trinajstić information content (AvgIpc) is 2.78. The van der Waals surface area contributed by atoms with Crippen molar-refractivity contribution in [2.75, 3.05) is 0 Å². The van der Waals surface area contributed by atoms with Crippen molar-refractivity contribution in [2.24, 2.45) is 0 Å². The van der Waals surface area contributed by atoms with Crippen LogP contribution in [0.3, 0.4) is 0 Å². The van der Waals surface area contributed by atoms with Gasteiger partial charge in [-0.05, 0) is 64.2 Å². The first-order chi connectivity index (χ1) is 7.45. The van der Waals surface area contributed by atoms with Crippen molar-refractivity contribution in [1.29, 1.82) is 0 Å². The van der Waals surface area contributed by atoms with Crippen LogP contribution >= 0.6 is 7.81 Å². The molecule has 2 saturated carbocycles. The summed E-state index contributed by atoms with van der Waals surface area (Å²) in [4.78, 5) is 0. The molecule has 0 bridgehead atoms. The summed E-state index contributed by atoms with van der Waals surface area (Å²) < 4.78 is 59.2. The minimum absolute atomic E-state index is 0. The zero-order valence-corrected chi connectivity index (χ0v) is 10.8. The van der Waals surface area contributed by atoms with Gasteiger partial charge in [-0.3, -0.25) is 0 Å². The topological polar surface area (TPSA) is 0 Å². The molecule has 2 rings (SSSR count). The van der Waals surface area contributed by atoms with Gasteiger partial charge in [-0.15, -0.1) is 0 Å². The van der Waals surface area contributed by atoms with Gasteiger partial charge in [0.05, 0.1) is 0 Å². The van der Waals surface area contributed by atoms with Crippen LogP contribution < -0.4 is 0 Å². The van der Waals surface area contributed by atoms with Crippen molar-refractivity contribution in [3.63, 3.8) is 0 Å². The third-order valence-electron chi connectivity index (χ3n) is 1.11. The van der Waals surface area contributed by atoms with Crippen molar-refractivity contribution in [3.8, 4) is 0 Å². The summed E-state index contributed by atoms with van der Waals surface area (Å²) in [6.07, 6.45) is 20.0. The van der Waals surface area contributed by atoms with E-state index in [-0.39, 0.29) is 17.1 Å². The molecular weight excluding hydrogens is 321 g/mol. The van der Waals surface area contributed by atoms with Gasteiger partial charge in [0.15, 0.2) is 0 Å². The number of rotatable bonds is 0. The van der Waals surface area contributed by atoms with Gasteiger partial charge in [-0.25, -0.2) is 0 Å². The van der Waals surface area contributed by atoms with Crippen molar-refractivity contribution < 1.29 is 42.3 Å². The second kappa shape index (κ2) is 7.35. The predicted molar refractivity (Wildman–Crippen MR) is 56.6 cm³/mol. The quantitative estimate of drug-likeness (QED) is 0.316. The second-order valence-electron chi connectivity index (χ2n) is 2.88. The van der Waals surface area contributed by atoms with Gasteiger partial charge in [-0.2, -0.15) is 0 Å². The molecule has 0 atom stereocenters. The Morgan fingerprint density at radius 2 is 0.444 bits per heavy atom. The van der Waals surface area contributed by atoms with Gasteiger partial charge in [0.2, 0.25) is 0 Å².